The first kappa shape index (κ1) is 12.4. The molecule has 88 valence electrons. The lowest BCUT2D eigenvalue weighted by Crippen LogP contribution is -2.10. The van der Waals surface area contributed by atoms with Crippen LogP contribution < -0.4 is 0 Å². The van der Waals surface area contributed by atoms with Crippen LogP contribution in [0, 0.1) is 5.92 Å². The van der Waals surface area contributed by atoms with Gasteiger partial charge in [-0.05, 0) is 12.5 Å². The number of halogens is 4. The number of carbonyl (C=O) groups is 1. The van der Waals surface area contributed by atoms with Gasteiger partial charge in [-0.1, -0.05) is 23.2 Å². The number of hydrogen-bond acceptors (Lipinski definition) is 2. The lowest BCUT2D eigenvalue weighted by molar-refractivity contribution is 0.0479. The third-order valence-electron chi connectivity index (χ3n) is 2.32. The fourth-order valence-corrected chi connectivity index (χ4v) is 2.03. The van der Waals surface area contributed by atoms with Gasteiger partial charge in [0, 0.05) is 5.92 Å². The second kappa shape index (κ2) is 4.30. The largest absolute Gasteiger partial charge is 0.461 e. The molecule has 1 saturated carbocycles. The molecule has 1 aliphatic rings. The summed E-state index contributed by atoms with van der Waals surface area (Å²) in [6.07, 6.45) is 0.635. The van der Waals surface area contributed by atoms with Gasteiger partial charge in [-0.25, -0.2) is 4.79 Å². The number of alkyl halides is 2. The van der Waals surface area contributed by atoms with Gasteiger partial charge in [0.1, 0.15) is 15.2 Å². The Bertz CT molecular complexity index is 410. The van der Waals surface area contributed by atoms with E-state index < -0.39 is 10.3 Å². The lowest BCUT2D eigenvalue weighted by atomic mass is 10.4. The van der Waals surface area contributed by atoms with Gasteiger partial charge < -0.3 is 9.72 Å². The van der Waals surface area contributed by atoms with E-state index in [1.54, 1.807) is 0 Å². The molecular weight excluding hydrogens is 296 g/mol. The molecule has 16 heavy (non-hydrogen) atoms. The van der Waals surface area contributed by atoms with Crippen LogP contribution in [0.5, 0.6) is 0 Å². The van der Waals surface area contributed by atoms with Gasteiger partial charge in [-0.2, -0.15) is 0 Å². The van der Waals surface area contributed by atoms with Crippen molar-refractivity contribution in [1.29, 1.82) is 0 Å². The summed E-state index contributed by atoms with van der Waals surface area (Å²) in [5.41, 5.74) is 0.213. The van der Waals surface area contributed by atoms with E-state index in [1.165, 1.54) is 6.07 Å². The molecule has 2 rings (SSSR count). The van der Waals surface area contributed by atoms with Crippen molar-refractivity contribution in [2.45, 2.75) is 10.8 Å². The van der Waals surface area contributed by atoms with E-state index in [-0.39, 0.29) is 28.4 Å². The predicted molar refractivity (Wildman–Crippen MR) is 63.6 cm³/mol. The predicted octanol–water partition coefficient (Wildman–Crippen LogP) is 3.67. The van der Waals surface area contributed by atoms with Crippen LogP contribution in [0.3, 0.4) is 0 Å². The zero-order valence-corrected chi connectivity index (χ0v) is 10.9. The molecule has 1 atom stereocenters. The van der Waals surface area contributed by atoms with Crippen LogP contribution in [0.25, 0.3) is 0 Å². The SMILES string of the molecule is O=C(OCC1CC1(Cl)Cl)c1cc(Cl)c(Cl)[nH]1. The first-order chi connectivity index (χ1) is 7.40. The maximum atomic E-state index is 11.5. The highest BCUT2D eigenvalue weighted by Crippen LogP contribution is 2.53. The van der Waals surface area contributed by atoms with E-state index in [9.17, 15) is 4.79 Å². The average molecular weight is 303 g/mol. The summed E-state index contributed by atoms with van der Waals surface area (Å²) in [6, 6.07) is 1.41. The highest BCUT2D eigenvalue weighted by molar-refractivity contribution is 6.50. The van der Waals surface area contributed by atoms with Gasteiger partial charge in [0.25, 0.3) is 0 Å². The van der Waals surface area contributed by atoms with Gasteiger partial charge in [-0.3, -0.25) is 0 Å². The molecule has 0 spiro atoms. The van der Waals surface area contributed by atoms with Crippen molar-refractivity contribution in [1.82, 2.24) is 4.98 Å². The molecule has 1 fully saturated rings. The van der Waals surface area contributed by atoms with Crippen LogP contribution >= 0.6 is 46.4 Å². The summed E-state index contributed by atoms with van der Waals surface area (Å²) in [5, 5.41) is 0.494. The number of carbonyl (C=O) groups excluding carboxylic acids is 1. The minimum atomic E-state index is -0.745. The van der Waals surface area contributed by atoms with E-state index in [0.29, 0.717) is 6.42 Å². The van der Waals surface area contributed by atoms with E-state index in [0.717, 1.165) is 0 Å². The van der Waals surface area contributed by atoms with E-state index >= 15 is 0 Å². The Kier molecular flexibility index (Phi) is 3.32. The number of nitrogens with one attached hydrogen (secondary N) is 1. The molecule has 0 saturated heterocycles. The van der Waals surface area contributed by atoms with Crippen molar-refractivity contribution in [3.05, 3.63) is 21.9 Å². The molecule has 1 aromatic rings. The number of aromatic amines is 1. The number of hydrogen-bond donors (Lipinski definition) is 1. The quantitative estimate of drug-likeness (QED) is 0.684. The first-order valence-corrected chi connectivity index (χ1v) is 6.00. The van der Waals surface area contributed by atoms with Gasteiger partial charge in [0.2, 0.25) is 0 Å². The zero-order valence-electron chi connectivity index (χ0n) is 7.90. The molecular formula is C9H7Cl4NO2. The van der Waals surface area contributed by atoms with Gasteiger partial charge >= 0.3 is 5.97 Å². The van der Waals surface area contributed by atoms with Crippen molar-refractivity contribution < 1.29 is 9.53 Å². The van der Waals surface area contributed by atoms with Crippen LogP contribution in [0.2, 0.25) is 10.2 Å². The van der Waals surface area contributed by atoms with Gasteiger partial charge in [-0.15, -0.1) is 23.2 Å². The van der Waals surface area contributed by atoms with Crippen LogP contribution in [0.4, 0.5) is 0 Å². The van der Waals surface area contributed by atoms with Crippen molar-refractivity contribution in [2.24, 2.45) is 5.92 Å². The fraction of sp³-hybridized carbons (Fsp3) is 0.444. The monoisotopic (exact) mass is 301 g/mol. The van der Waals surface area contributed by atoms with E-state index in [4.69, 9.17) is 51.1 Å². The minimum Gasteiger partial charge on any atom is -0.461 e. The van der Waals surface area contributed by atoms with Crippen molar-refractivity contribution in [2.75, 3.05) is 6.61 Å². The molecule has 0 bridgehead atoms. The molecule has 3 nitrogen and oxygen atoms in total. The standard InChI is InChI=1S/C9H7Cl4NO2/c10-5-1-6(14-7(5)11)8(15)16-3-4-2-9(4,12)13/h1,4,14H,2-3H2. The molecule has 1 aliphatic carbocycles. The Labute approximate surface area is 112 Å². The molecule has 0 amide bonds. The first-order valence-electron chi connectivity index (χ1n) is 4.49. The second-order valence-corrected chi connectivity index (χ2v) is 5.93. The third-order valence-corrected chi connectivity index (χ3v) is 3.94. The highest BCUT2D eigenvalue weighted by Gasteiger charge is 2.52. The van der Waals surface area contributed by atoms with Crippen LogP contribution in [-0.4, -0.2) is 21.9 Å². The summed E-state index contributed by atoms with van der Waals surface area (Å²) in [7, 11) is 0. The molecule has 1 unspecified atom stereocenters. The lowest BCUT2D eigenvalue weighted by Gasteiger charge is -2.02. The molecule has 0 aromatic carbocycles. The van der Waals surface area contributed by atoms with Crippen LogP contribution in [0.1, 0.15) is 16.9 Å². The van der Waals surface area contributed by atoms with Crippen LogP contribution in [-0.2, 0) is 4.74 Å². The molecule has 1 heterocycles. The van der Waals surface area contributed by atoms with Crippen LogP contribution in [0.15, 0.2) is 6.07 Å². The number of rotatable bonds is 3. The average Bonchev–Trinajstić information content (AvgIpc) is 2.66. The Hall–Kier alpha value is -0.0900. The Morgan fingerprint density at radius 3 is 2.62 bits per heavy atom. The smallest absolute Gasteiger partial charge is 0.354 e. The second-order valence-electron chi connectivity index (χ2n) is 3.61. The Morgan fingerprint density at radius 1 is 1.56 bits per heavy atom. The molecule has 1 N–H and O–H groups in total. The van der Waals surface area contributed by atoms with Gasteiger partial charge in [0.05, 0.1) is 11.6 Å². The number of esters is 1. The van der Waals surface area contributed by atoms with Crippen molar-refractivity contribution in [3.63, 3.8) is 0 Å². The maximum Gasteiger partial charge on any atom is 0.354 e. The number of ether oxygens (including phenoxy) is 1. The van der Waals surface area contributed by atoms with Gasteiger partial charge in [0.15, 0.2) is 0 Å². The third kappa shape index (κ3) is 2.59. The van der Waals surface area contributed by atoms with E-state index in [2.05, 4.69) is 4.98 Å². The highest BCUT2D eigenvalue weighted by atomic mass is 35.5. The van der Waals surface area contributed by atoms with E-state index in [1.807, 2.05) is 0 Å². The topological polar surface area (TPSA) is 42.1 Å². The zero-order chi connectivity index (χ0) is 11.9. The maximum absolute atomic E-state index is 11.5. The summed E-state index contributed by atoms with van der Waals surface area (Å²) in [6.45, 7) is 0.195. The minimum absolute atomic E-state index is 0.000638. The Balaban J connectivity index is 1.89. The van der Waals surface area contributed by atoms with Crippen molar-refractivity contribution in [3.8, 4) is 0 Å². The summed E-state index contributed by atoms with van der Waals surface area (Å²) in [4.78, 5) is 14.1. The molecule has 0 radical (unpaired) electrons. The number of aromatic nitrogens is 1. The summed E-state index contributed by atoms with van der Waals surface area (Å²) >= 11 is 22.9. The molecule has 1 aromatic heterocycles. The normalized spacial score (nSPS) is 21.9. The summed E-state index contributed by atoms with van der Waals surface area (Å²) < 4.78 is 4.25. The van der Waals surface area contributed by atoms with Crippen molar-refractivity contribution >= 4 is 52.4 Å². The number of H-pyrrole nitrogens is 1. The fourth-order valence-electron chi connectivity index (χ4n) is 1.22. The summed E-state index contributed by atoms with van der Waals surface area (Å²) in [5.74, 6) is -0.523. The molecule has 0 aliphatic heterocycles. The molecule has 7 heteroatoms. The Morgan fingerprint density at radius 2 is 2.19 bits per heavy atom.